The zero-order chi connectivity index (χ0) is 13.4. The van der Waals surface area contributed by atoms with Crippen molar-refractivity contribution in [1.29, 1.82) is 0 Å². The summed E-state index contributed by atoms with van der Waals surface area (Å²) in [5.74, 6) is 0. The number of nitrogens with zero attached hydrogens (tertiary/aromatic N) is 3. The lowest BCUT2D eigenvalue weighted by molar-refractivity contribution is 0.189. The van der Waals surface area contributed by atoms with Gasteiger partial charge in [-0.1, -0.05) is 6.07 Å². The van der Waals surface area contributed by atoms with E-state index >= 15 is 0 Å². The first kappa shape index (κ1) is 14.4. The van der Waals surface area contributed by atoms with E-state index in [2.05, 4.69) is 15.2 Å². The van der Waals surface area contributed by atoms with Gasteiger partial charge >= 0.3 is 6.03 Å². The molecule has 2 amide bonds. The summed E-state index contributed by atoms with van der Waals surface area (Å²) in [6, 6.07) is 3.84. The number of hydrogen-bond donors (Lipinski definition) is 1. The first-order valence-corrected chi connectivity index (χ1v) is 6.20. The Morgan fingerprint density at radius 1 is 1.39 bits per heavy atom. The largest absolute Gasteiger partial charge is 0.338 e. The van der Waals surface area contributed by atoms with E-state index in [4.69, 9.17) is 0 Å². The molecular weight excluding hydrogens is 228 g/mol. The van der Waals surface area contributed by atoms with Crippen molar-refractivity contribution in [2.75, 3.05) is 33.7 Å². The number of aromatic nitrogens is 1. The molecule has 0 unspecified atom stereocenters. The normalized spacial score (nSPS) is 10.4. The van der Waals surface area contributed by atoms with E-state index in [0.29, 0.717) is 19.6 Å². The molecule has 0 aliphatic rings. The Labute approximate surface area is 109 Å². The number of carbonyl (C=O) groups is 1. The maximum atomic E-state index is 11.9. The van der Waals surface area contributed by atoms with Gasteiger partial charge in [-0.25, -0.2) is 4.79 Å². The van der Waals surface area contributed by atoms with Crippen molar-refractivity contribution in [2.45, 2.75) is 13.5 Å². The predicted molar refractivity (Wildman–Crippen MR) is 72.3 cm³/mol. The van der Waals surface area contributed by atoms with Crippen LogP contribution in [0.1, 0.15) is 12.5 Å². The molecule has 1 N–H and O–H groups in total. The van der Waals surface area contributed by atoms with Crippen LogP contribution in [0.3, 0.4) is 0 Å². The second-order valence-electron chi connectivity index (χ2n) is 4.42. The molecule has 0 bridgehead atoms. The Kier molecular flexibility index (Phi) is 6.14. The first-order chi connectivity index (χ1) is 8.63. The summed E-state index contributed by atoms with van der Waals surface area (Å²) in [5, 5.41) is 2.84. The lowest BCUT2D eigenvalue weighted by Crippen LogP contribution is -2.42. The fraction of sp³-hybridized carbons (Fsp3) is 0.538. The first-order valence-electron chi connectivity index (χ1n) is 6.20. The molecule has 18 heavy (non-hydrogen) atoms. The molecule has 0 fully saturated rings. The van der Waals surface area contributed by atoms with Crippen molar-refractivity contribution in [2.24, 2.45) is 0 Å². The fourth-order valence-corrected chi connectivity index (χ4v) is 1.55. The van der Waals surface area contributed by atoms with E-state index in [0.717, 1.165) is 12.1 Å². The van der Waals surface area contributed by atoms with Crippen LogP contribution in [0, 0.1) is 0 Å². The van der Waals surface area contributed by atoms with Crippen molar-refractivity contribution in [3.8, 4) is 0 Å². The molecule has 1 heterocycles. The van der Waals surface area contributed by atoms with Crippen LogP contribution in [0.2, 0.25) is 0 Å². The van der Waals surface area contributed by atoms with Crippen LogP contribution in [-0.4, -0.2) is 54.5 Å². The molecule has 0 radical (unpaired) electrons. The van der Waals surface area contributed by atoms with E-state index < -0.39 is 0 Å². The van der Waals surface area contributed by atoms with Gasteiger partial charge < -0.3 is 15.1 Å². The Morgan fingerprint density at radius 3 is 2.72 bits per heavy atom. The molecule has 0 aromatic carbocycles. The van der Waals surface area contributed by atoms with Crippen molar-refractivity contribution < 1.29 is 4.79 Å². The number of amides is 2. The van der Waals surface area contributed by atoms with Crippen LogP contribution in [0.5, 0.6) is 0 Å². The highest BCUT2D eigenvalue weighted by Crippen LogP contribution is 2.03. The van der Waals surface area contributed by atoms with Gasteiger partial charge in [0.05, 0.1) is 0 Å². The summed E-state index contributed by atoms with van der Waals surface area (Å²) < 4.78 is 0. The lowest BCUT2D eigenvalue weighted by Gasteiger charge is -2.24. The van der Waals surface area contributed by atoms with Crippen molar-refractivity contribution in [1.82, 2.24) is 20.1 Å². The number of carbonyl (C=O) groups excluding carboxylic acids is 1. The monoisotopic (exact) mass is 250 g/mol. The molecule has 0 spiro atoms. The maximum absolute atomic E-state index is 11.9. The second kappa shape index (κ2) is 7.66. The molecule has 100 valence electrons. The molecular formula is C13H22N4O. The van der Waals surface area contributed by atoms with Gasteiger partial charge in [-0.05, 0) is 32.6 Å². The number of likely N-dealkylation sites (N-methyl/N-ethyl adjacent to an activating group) is 1. The molecule has 1 aromatic rings. The van der Waals surface area contributed by atoms with Crippen LogP contribution in [0.15, 0.2) is 24.5 Å². The van der Waals surface area contributed by atoms with Crippen LogP contribution in [0.4, 0.5) is 4.79 Å². The number of urea groups is 1. The van der Waals surface area contributed by atoms with Gasteiger partial charge in [0.15, 0.2) is 0 Å². The van der Waals surface area contributed by atoms with Gasteiger partial charge in [0, 0.05) is 38.6 Å². The third-order valence-corrected chi connectivity index (χ3v) is 2.53. The zero-order valence-electron chi connectivity index (χ0n) is 11.4. The highest BCUT2D eigenvalue weighted by molar-refractivity contribution is 5.74. The number of rotatable bonds is 6. The smallest absolute Gasteiger partial charge is 0.317 e. The van der Waals surface area contributed by atoms with E-state index in [1.807, 2.05) is 33.2 Å². The Hall–Kier alpha value is -1.62. The number of hydrogen-bond acceptors (Lipinski definition) is 3. The minimum atomic E-state index is -0.0248. The molecule has 0 atom stereocenters. The minimum Gasteiger partial charge on any atom is -0.338 e. The SMILES string of the molecule is CCNC(=O)N(CCN(C)C)Cc1cccnc1. The summed E-state index contributed by atoms with van der Waals surface area (Å²) >= 11 is 0. The van der Waals surface area contributed by atoms with Gasteiger partial charge in [0.25, 0.3) is 0 Å². The summed E-state index contributed by atoms with van der Waals surface area (Å²) in [6.45, 7) is 4.70. The maximum Gasteiger partial charge on any atom is 0.317 e. The molecule has 0 saturated carbocycles. The fourth-order valence-electron chi connectivity index (χ4n) is 1.55. The third kappa shape index (κ3) is 5.14. The van der Waals surface area contributed by atoms with Crippen molar-refractivity contribution in [3.05, 3.63) is 30.1 Å². The van der Waals surface area contributed by atoms with E-state index in [1.165, 1.54) is 0 Å². The topological polar surface area (TPSA) is 48.5 Å². The highest BCUT2D eigenvalue weighted by Gasteiger charge is 2.13. The van der Waals surface area contributed by atoms with Crippen LogP contribution in [0.25, 0.3) is 0 Å². The molecule has 5 nitrogen and oxygen atoms in total. The Bertz CT molecular complexity index is 353. The molecule has 1 rings (SSSR count). The van der Waals surface area contributed by atoms with E-state index in [9.17, 15) is 4.79 Å². The van der Waals surface area contributed by atoms with E-state index in [-0.39, 0.29) is 6.03 Å². The van der Waals surface area contributed by atoms with Crippen molar-refractivity contribution >= 4 is 6.03 Å². The number of pyridine rings is 1. The molecule has 0 saturated heterocycles. The summed E-state index contributed by atoms with van der Waals surface area (Å²) in [4.78, 5) is 19.9. The lowest BCUT2D eigenvalue weighted by atomic mass is 10.2. The van der Waals surface area contributed by atoms with Gasteiger partial charge in [-0.15, -0.1) is 0 Å². The minimum absolute atomic E-state index is 0.0248. The number of nitrogens with one attached hydrogen (secondary N) is 1. The van der Waals surface area contributed by atoms with Crippen LogP contribution < -0.4 is 5.32 Å². The summed E-state index contributed by atoms with van der Waals surface area (Å²) in [5.41, 5.74) is 1.04. The Morgan fingerprint density at radius 2 is 2.17 bits per heavy atom. The van der Waals surface area contributed by atoms with Crippen molar-refractivity contribution in [3.63, 3.8) is 0 Å². The standard InChI is InChI=1S/C13H22N4O/c1-4-15-13(18)17(9-8-16(2)3)11-12-6-5-7-14-10-12/h5-7,10H,4,8-9,11H2,1-3H3,(H,15,18). The molecule has 0 aliphatic carbocycles. The molecule has 5 heteroatoms. The molecule has 0 aliphatic heterocycles. The quantitative estimate of drug-likeness (QED) is 0.824. The average Bonchev–Trinajstić information content (AvgIpc) is 2.35. The Balaban J connectivity index is 2.62. The molecule has 1 aromatic heterocycles. The average molecular weight is 250 g/mol. The zero-order valence-corrected chi connectivity index (χ0v) is 11.4. The van der Waals surface area contributed by atoms with Gasteiger partial charge in [-0.3, -0.25) is 4.98 Å². The highest BCUT2D eigenvalue weighted by atomic mass is 16.2. The van der Waals surface area contributed by atoms with Gasteiger partial charge in [-0.2, -0.15) is 0 Å². The summed E-state index contributed by atoms with van der Waals surface area (Å²) in [6.07, 6.45) is 3.53. The van der Waals surface area contributed by atoms with Crippen LogP contribution in [-0.2, 0) is 6.54 Å². The second-order valence-corrected chi connectivity index (χ2v) is 4.42. The van der Waals surface area contributed by atoms with Gasteiger partial charge in [0.1, 0.15) is 0 Å². The summed E-state index contributed by atoms with van der Waals surface area (Å²) in [7, 11) is 4.00. The van der Waals surface area contributed by atoms with Gasteiger partial charge in [0.2, 0.25) is 0 Å². The predicted octanol–water partition coefficient (Wildman–Crippen LogP) is 1.17. The van der Waals surface area contributed by atoms with E-state index in [1.54, 1.807) is 17.3 Å². The van der Waals surface area contributed by atoms with Crippen LogP contribution >= 0.6 is 0 Å². The third-order valence-electron chi connectivity index (χ3n) is 2.53.